The van der Waals surface area contributed by atoms with Gasteiger partial charge in [-0.25, -0.2) is 9.50 Å². The lowest BCUT2D eigenvalue weighted by Gasteiger charge is -2.19. The van der Waals surface area contributed by atoms with Gasteiger partial charge >= 0.3 is 0 Å². The van der Waals surface area contributed by atoms with Crippen LogP contribution in [0.15, 0.2) is 18.3 Å². The normalized spacial score (nSPS) is 21.2. The zero-order valence-electron chi connectivity index (χ0n) is 10.9. The quantitative estimate of drug-likeness (QED) is 0.871. The van der Waals surface area contributed by atoms with Gasteiger partial charge in [-0.2, -0.15) is 5.10 Å². The van der Waals surface area contributed by atoms with Crippen molar-refractivity contribution >= 4 is 11.3 Å². The summed E-state index contributed by atoms with van der Waals surface area (Å²) in [4.78, 5) is 7.08. The van der Waals surface area contributed by atoms with Crippen LogP contribution in [0, 0.1) is 0 Å². The van der Waals surface area contributed by atoms with Crippen LogP contribution in [0.5, 0.6) is 0 Å². The standard InChI is InChI=1S/C13H19N5/c1-9(2)17-6-5-10(7-17)13-15-12-4-3-11(14)8-18(12)16-13/h3-4,8-10H,5-7,14H2,1-2H3. The minimum Gasteiger partial charge on any atom is -0.397 e. The molecule has 2 aromatic rings. The molecule has 1 aliphatic heterocycles. The molecule has 0 saturated carbocycles. The highest BCUT2D eigenvalue weighted by Gasteiger charge is 2.28. The molecule has 2 aromatic heterocycles. The van der Waals surface area contributed by atoms with E-state index in [1.54, 1.807) is 4.52 Å². The van der Waals surface area contributed by atoms with Gasteiger partial charge in [-0.15, -0.1) is 0 Å². The van der Waals surface area contributed by atoms with E-state index in [1.165, 1.54) is 0 Å². The average molecular weight is 245 g/mol. The summed E-state index contributed by atoms with van der Waals surface area (Å²) in [5.41, 5.74) is 7.35. The fraction of sp³-hybridized carbons (Fsp3) is 0.538. The van der Waals surface area contributed by atoms with Gasteiger partial charge in [0.15, 0.2) is 11.5 Å². The van der Waals surface area contributed by atoms with Crippen molar-refractivity contribution in [2.24, 2.45) is 0 Å². The molecule has 1 saturated heterocycles. The first-order chi connectivity index (χ1) is 8.63. The van der Waals surface area contributed by atoms with Crippen molar-refractivity contribution in [3.8, 4) is 0 Å². The van der Waals surface area contributed by atoms with Crippen molar-refractivity contribution in [3.63, 3.8) is 0 Å². The molecule has 0 aliphatic carbocycles. The topological polar surface area (TPSA) is 59.5 Å². The average Bonchev–Trinajstić information content (AvgIpc) is 2.93. The van der Waals surface area contributed by atoms with Gasteiger partial charge < -0.3 is 10.6 Å². The fourth-order valence-electron chi connectivity index (χ4n) is 2.56. The molecule has 1 atom stereocenters. The number of pyridine rings is 1. The molecular formula is C13H19N5. The predicted octanol–water partition coefficient (Wildman–Crippen LogP) is 1.51. The molecule has 5 heteroatoms. The maximum atomic E-state index is 5.75. The van der Waals surface area contributed by atoms with Gasteiger partial charge in [-0.1, -0.05) is 0 Å². The van der Waals surface area contributed by atoms with E-state index < -0.39 is 0 Å². The van der Waals surface area contributed by atoms with E-state index in [1.807, 2.05) is 18.3 Å². The Kier molecular flexibility index (Phi) is 2.70. The number of hydrogen-bond acceptors (Lipinski definition) is 4. The number of aromatic nitrogens is 3. The first kappa shape index (κ1) is 11.5. The molecular weight excluding hydrogens is 226 g/mol. The Morgan fingerprint density at radius 1 is 1.39 bits per heavy atom. The number of fused-ring (bicyclic) bond motifs is 1. The van der Waals surface area contributed by atoms with E-state index in [0.29, 0.717) is 17.6 Å². The second-order valence-electron chi connectivity index (χ2n) is 5.31. The zero-order chi connectivity index (χ0) is 12.7. The Balaban J connectivity index is 1.87. The van der Waals surface area contributed by atoms with E-state index in [4.69, 9.17) is 5.73 Å². The van der Waals surface area contributed by atoms with Gasteiger partial charge in [0.1, 0.15) is 0 Å². The van der Waals surface area contributed by atoms with Crippen LogP contribution in [-0.2, 0) is 0 Å². The van der Waals surface area contributed by atoms with E-state index in [-0.39, 0.29) is 0 Å². The smallest absolute Gasteiger partial charge is 0.156 e. The van der Waals surface area contributed by atoms with Crippen molar-refractivity contribution < 1.29 is 0 Å². The number of rotatable bonds is 2. The van der Waals surface area contributed by atoms with Crippen LogP contribution in [0.3, 0.4) is 0 Å². The second-order valence-corrected chi connectivity index (χ2v) is 5.31. The number of nitrogen functional groups attached to an aromatic ring is 1. The molecule has 96 valence electrons. The predicted molar refractivity (Wildman–Crippen MR) is 71.5 cm³/mol. The van der Waals surface area contributed by atoms with Gasteiger partial charge in [0.2, 0.25) is 0 Å². The molecule has 0 spiro atoms. The van der Waals surface area contributed by atoms with Gasteiger partial charge in [-0.3, -0.25) is 0 Å². The SMILES string of the molecule is CC(C)N1CCC(c2nc3ccc(N)cn3n2)C1. The molecule has 5 nitrogen and oxygen atoms in total. The lowest BCUT2D eigenvalue weighted by Crippen LogP contribution is -2.28. The monoisotopic (exact) mass is 245 g/mol. The molecule has 1 unspecified atom stereocenters. The molecule has 0 bridgehead atoms. The summed E-state index contributed by atoms with van der Waals surface area (Å²) < 4.78 is 1.78. The van der Waals surface area contributed by atoms with Crippen LogP contribution in [0.2, 0.25) is 0 Å². The van der Waals surface area contributed by atoms with Gasteiger partial charge in [0, 0.05) is 18.5 Å². The van der Waals surface area contributed by atoms with Crippen LogP contribution >= 0.6 is 0 Å². The molecule has 1 fully saturated rings. The number of nitrogens with zero attached hydrogens (tertiary/aromatic N) is 4. The second kappa shape index (κ2) is 4.24. The lowest BCUT2D eigenvalue weighted by molar-refractivity contribution is 0.272. The molecule has 2 N–H and O–H groups in total. The maximum Gasteiger partial charge on any atom is 0.156 e. The van der Waals surface area contributed by atoms with E-state index in [9.17, 15) is 0 Å². The first-order valence-electron chi connectivity index (χ1n) is 6.49. The largest absolute Gasteiger partial charge is 0.397 e. The summed E-state index contributed by atoms with van der Waals surface area (Å²) >= 11 is 0. The van der Waals surface area contributed by atoms with E-state index >= 15 is 0 Å². The Morgan fingerprint density at radius 3 is 2.94 bits per heavy atom. The minimum absolute atomic E-state index is 0.452. The highest BCUT2D eigenvalue weighted by Crippen LogP contribution is 2.26. The third kappa shape index (κ3) is 1.95. The van der Waals surface area contributed by atoms with Gasteiger partial charge in [0.25, 0.3) is 0 Å². The van der Waals surface area contributed by atoms with Crippen molar-refractivity contribution in [2.75, 3.05) is 18.8 Å². The van der Waals surface area contributed by atoms with Crippen molar-refractivity contribution in [1.29, 1.82) is 0 Å². The van der Waals surface area contributed by atoms with Crippen LogP contribution < -0.4 is 5.73 Å². The molecule has 3 heterocycles. The molecule has 18 heavy (non-hydrogen) atoms. The summed E-state index contributed by atoms with van der Waals surface area (Å²) in [7, 11) is 0. The molecule has 3 rings (SSSR count). The lowest BCUT2D eigenvalue weighted by atomic mass is 10.1. The Morgan fingerprint density at radius 2 is 2.22 bits per heavy atom. The number of likely N-dealkylation sites (tertiary alicyclic amines) is 1. The van der Waals surface area contributed by atoms with Crippen molar-refractivity contribution in [1.82, 2.24) is 19.5 Å². The molecule has 0 aromatic carbocycles. The molecule has 0 amide bonds. The van der Waals surface area contributed by atoms with Crippen LogP contribution in [0.4, 0.5) is 5.69 Å². The minimum atomic E-state index is 0.452. The Labute approximate surface area is 107 Å². The maximum absolute atomic E-state index is 5.75. The Hall–Kier alpha value is -1.62. The summed E-state index contributed by atoms with van der Waals surface area (Å²) in [6, 6.07) is 4.38. The van der Waals surface area contributed by atoms with Crippen LogP contribution in [0.25, 0.3) is 5.65 Å². The third-order valence-electron chi connectivity index (χ3n) is 3.69. The highest BCUT2D eigenvalue weighted by atomic mass is 15.3. The van der Waals surface area contributed by atoms with Crippen molar-refractivity contribution in [2.45, 2.75) is 32.2 Å². The van der Waals surface area contributed by atoms with Crippen LogP contribution in [0.1, 0.15) is 32.0 Å². The summed E-state index contributed by atoms with van der Waals surface area (Å²) in [6.07, 6.45) is 2.96. The third-order valence-corrected chi connectivity index (χ3v) is 3.69. The molecule has 0 radical (unpaired) electrons. The molecule has 1 aliphatic rings. The Bertz CT molecular complexity index is 560. The van der Waals surface area contributed by atoms with Gasteiger partial charge in [0.05, 0.1) is 11.9 Å². The van der Waals surface area contributed by atoms with E-state index in [0.717, 1.165) is 31.0 Å². The summed E-state index contributed by atoms with van der Waals surface area (Å²) in [6.45, 7) is 6.67. The fourth-order valence-corrected chi connectivity index (χ4v) is 2.56. The van der Waals surface area contributed by atoms with Gasteiger partial charge in [-0.05, 0) is 38.9 Å². The highest BCUT2D eigenvalue weighted by molar-refractivity contribution is 5.46. The number of anilines is 1. The summed E-state index contributed by atoms with van der Waals surface area (Å²) in [5.74, 6) is 1.40. The first-order valence-corrected chi connectivity index (χ1v) is 6.49. The van der Waals surface area contributed by atoms with Crippen LogP contribution in [-0.4, -0.2) is 38.6 Å². The van der Waals surface area contributed by atoms with Crippen molar-refractivity contribution in [3.05, 3.63) is 24.2 Å². The van der Waals surface area contributed by atoms with E-state index in [2.05, 4.69) is 28.8 Å². The summed E-state index contributed by atoms with van der Waals surface area (Å²) in [5, 5.41) is 4.55. The number of nitrogens with two attached hydrogens (primary N) is 1. The number of hydrogen-bond donors (Lipinski definition) is 1. The zero-order valence-corrected chi connectivity index (χ0v) is 10.9.